The van der Waals surface area contributed by atoms with E-state index in [2.05, 4.69) is 13.8 Å². The van der Waals surface area contributed by atoms with E-state index >= 15 is 0 Å². The minimum atomic E-state index is -2.70. The molecule has 0 aromatic carbocycles. The van der Waals surface area contributed by atoms with Gasteiger partial charge in [0.2, 0.25) is 5.78 Å². The van der Waals surface area contributed by atoms with Crippen molar-refractivity contribution in [2.75, 3.05) is 19.8 Å². The molecule has 0 bridgehead atoms. The van der Waals surface area contributed by atoms with Crippen LogP contribution in [0.3, 0.4) is 0 Å². The molecule has 0 saturated carbocycles. The molecular weight excluding hydrogens is 416 g/mol. The Labute approximate surface area is 190 Å². The highest BCUT2D eigenvalue weighted by atomic mass is 32.2. The van der Waals surface area contributed by atoms with Gasteiger partial charge >= 0.3 is 8.80 Å². The maximum absolute atomic E-state index is 12.4. The van der Waals surface area contributed by atoms with Gasteiger partial charge in [-0.2, -0.15) is 0 Å². The van der Waals surface area contributed by atoms with Crippen LogP contribution in [-0.2, 0) is 22.9 Å². The van der Waals surface area contributed by atoms with Gasteiger partial charge in [0.05, 0.1) is 0 Å². The van der Waals surface area contributed by atoms with Crippen LogP contribution >= 0.6 is 11.8 Å². The molecule has 0 aliphatic carbocycles. The van der Waals surface area contributed by atoms with Gasteiger partial charge in [-0.25, -0.2) is 0 Å². The highest BCUT2D eigenvalue weighted by Crippen LogP contribution is 2.27. The second kappa shape index (κ2) is 19.5. The summed E-state index contributed by atoms with van der Waals surface area (Å²) in [5.41, 5.74) is 0. The fourth-order valence-electron chi connectivity index (χ4n) is 3.42. The highest BCUT2D eigenvalue weighted by Gasteiger charge is 2.40. The monoisotopic (exact) mass is 462 g/mol. The van der Waals surface area contributed by atoms with Gasteiger partial charge in [-0.15, -0.1) is 0 Å². The summed E-state index contributed by atoms with van der Waals surface area (Å²) in [5.74, 6) is -0.229. The van der Waals surface area contributed by atoms with Crippen molar-refractivity contribution in [1.82, 2.24) is 0 Å². The van der Waals surface area contributed by atoms with E-state index in [0.29, 0.717) is 32.3 Å². The molecule has 178 valence electrons. The number of hydrogen-bond acceptors (Lipinski definition) is 6. The lowest BCUT2D eigenvalue weighted by molar-refractivity contribution is -0.131. The summed E-state index contributed by atoms with van der Waals surface area (Å²) in [7, 11) is -2.70. The van der Waals surface area contributed by atoms with Crippen molar-refractivity contribution in [1.29, 1.82) is 0 Å². The van der Waals surface area contributed by atoms with Gasteiger partial charge in [-0.05, 0) is 40.0 Å². The normalized spacial score (nSPS) is 12.8. The van der Waals surface area contributed by atoms with E-state index in [4.69, 9.17) is 13.3 Å². The summed E-state index contributed by atoms with van der Waals surface area (Å²) in [6, 6.07) is 0.674. The SMILES string of the molecule is CCCCCCCCCCC(=O)C(=O)SC(CC)CC[Si](OCC)(OCC)OCC. The van der Waals surface area contributed by atoms with Crippen molar-refractivity contribution >= 4 is 31.5 Å². The molecule has 0 aromatic rings. The Balaban J connectivity index is 4.32. The number of thioether (sulfide) groups is 1. The number of hydrogen-bond donors (Lipinski definition) is 0. The molecule has 0 aromatic heterocycles. The summed E-state index contributed by atoms with van der Waals surface area (Å²) in [6.07, 6.45) is 11.4. The summed E-state index contributed by atoms with van der Waals surface area (Å²) in [6.45, 7) is 11.8. The number of rotatable bonds is 21. The third kappa shape index (κ3) is 14.0. The van der Waals surface area contributed by atoms with Crippen molar-refractivity contribution in [2.45, 2.75) is 117 Å². The number of carbonyl (C=O) groups is 2. The summed E-state index contributed by atoms with van der Waals surface area (Å²) in [4.78, 5) is 24.6. The van der Waals surface area contributed by atoms with Crippen LogP contribution in [0, 0.1) is 0 Å². The van der Waals surface area contributed by atoms with Gasteiger partial charge in [0.15, 0.2) is 0 Å². The molecule has 1 unspecified atom stereocenters. The van der Waals surface area contributed by atoms with Crippen LogP contribution in [-0.4, -0.2) is 44.8 Å². The molecule has 0 aliphatic rings. The molecule has 0 saturated heterocycles. The lowest BCUT2D eigenvalue weighted by atomic mass is 10.1. The topological polar surface area (TPSA) is 61.8 Å². The Kier molecular flexibility index (Phi) is 19.3. The zero-order valence-corrected chi connectivity index (χ0v) is 21.9. The van der Waals surface area contributed by atoms with Crippen LogP contribution in [0.4, 0.5) is 0 Å². The molecule has 0 amide bonds. The van der Waals surface area contributed by atoms with Gasteiger partial charge in [0.1, 0.15) is 0 Å². The molecule has 0 spiro atoms. The van der Waals surface area contributed by atoms with Crippen molar-refractivity contribution in [2.24, 2.45) is 0 Å². The summed E-state index contributed by atoms with van der Waals surface area (Å²) >= 11 is 1.19. The first-order valence-corrected chi connectivity index (χ1v) is 14.9. The fraction of sp³-hybridized carbons (Fsp3) is 0.913. The molecule has 0 radical (unpaired) electrons. The van der Waals surface area contributed by atoms with E-state index in [1.807, 2.05) is 20.8 Å². The molecule has 5 nitrogen and oxygen atoms in total. The lowest BCUT2D eigenvalue weighted by Crippen LogP contribution is -2.46. The maximum Gasteiger partial charge on any atom is 0.500 e. The Morgan fingerprint density at radius 1 is 0.767 bits per heavy atom. The maximum atomic E-state index is 12.4. The standard InChI is InChI=1S/C23H46O5SSi/c1-6-11-12-13-14-15-16-17-18-22(24)23(25)29-21(7-2)19-20-30(26-8-3,27-9-4)28-10-5/h21H,6-20H2,1-5H3. The number of unbranched alkanes of at least 4 members (excludes halogenated alkanes) is 7. The van der Waals surface area contributed by atoms with Gasteiger partial charge in [-0.3, -0.25) is 9.59 Å². The van der Waals surface area contributed by atoms with Crippen molar-refractivity contribution in [3.05, 3.63) is 0 Å². The van der Waals surface area contributed by atoms with Crippen LogP contribution in [0.25, 0.3) is 0 Å². The molecular formula is C23H46O5SSi. The second-order valence-electron chi connectivity index (χ2n) is 7.60. The van der Waals surface area contributed by atoms with E-state index in [1.54, 1.807) is 0 Å². The van der Waals surface area contributed by atoms with Crippen molar-refractivity contribution < 1.29 is 22.9 Å². The fourth-order valence-corrected chi connectivity index (χ4v) is 7.28. The number of ketones is 1. The molecule has 0 rings (SSSR count). The Morgan fingerprint density at radius 2 is 1.27 bits per heavy atom. The van der Waals surface area contributed by atoms with E-state index < -0.39 is 8.80 Å². The molecule has 0 aliphatic heterocycles. The third-order valence-corrected chi connectivity index (χ3v) is 9.51. The predicted molar refractivity (Wildman–Crippen MR) is 129 cm³/mol. The van der Waals surface area contributed by atoms with Gasteiger partial charge in [0.25, 0.3) is 5.12 Å². The third-order valence-electron chi connectivity index (χ3n) is 5.08. The first-order valence-electron chi connectivity index (χ1n) is 12.1. The van der Waals surface area contributed by atoms with Crippen LogP contribution in [0.5, 0.6) is 0 Å². The van der Waals surface area contributed by atoms with Crippen molar-refractivity contribution in [3.63, 3.8) is 0 Å². The lowest BCUT2D eigenvalue weighted by Gasteiger charge is -2.29. The molecule has 0 fully saturated rings. The van der Waals surface area contributed by atoms with Crippen LogP contribution in [0.2, 0.25) is 6.04 Å². The molecule has 0 N–H and O–H groups in total. The van der Waals surface area contributed by atoms with Crippen LogP contribution in [0.15, 0.2) is 0 Å². The average Bonchev–Trinajstić information content (AvgIpc) is 2.73. The van der Waals surface area contributed by atoms with Gasteiger partial charge in [0, 0.05) is 37.5 Å². The zero-order valence-electron chi connectivity index (χ0n) is 20.1. The summed E-state index contributed by atoms with van der Waals surface area (Å²) < 4.78 is 17.7. The Hall–Kier alpha value is -0.213. The molecule has 0 heterocycles. The molecule has 7 heteroatoms. The van der Waals surface area contributed by atoms with Gasteiger partial charge in [-0.1, -0.05) is 70.6 Å². The van der Waals surface area contributed by atoms with E-state index in [-0.39, 0.29) is 16.1 Å². The highest BCUT2D eigenvalue weighted by molar-refractivity contribution is 8.15. The minimum Gasteiger partial charge on any atom is -0.374 e. The van der Waals surface area contributed by atoms with E-state index in [9.17, 15) is 9.59 Å². The van der Waals surface area contributed by atoms with Gasteiger partial charge < -0.3 is 13.3 Å². The first-order chi connectivity index (χ1) is 14.5. The van der Waals surface area contributed by atoms with Crippen molar-refractivity contribution in [3.8, 4) is 0 Å². The average molecular weight is 463 g/mol. The predicted octanol–water partition coefficient (Wildman–Crippen LogP) is 6.56. The second-order valence-corrected chi connectivity index (χ2v) is 11.6. The largest absolute Gasteiger partial charge is 0.500 e. The Bertz CT molecular complexity index is 430. The first kappa shape index (κ1) is 29.8. The van der Waals surface area contributed by atoms with E-state index in [0.717, 1.165) is 32.1 Å². The Morgan fingerprint density at radius 3 is 1.73 bits per heavy atom. The smallest absolute Gasteiger partial charge is 0.374 e. The van der Waals surface area contributed by atoms with Crippen LogP contribution < -0.4 is 0 Å². The number of Topliss-reactive ketones (excluding diaryl/α,β-unsaturated/α-hetero) is 1. The summed E-state index contributed by atoms with van der Waals surface area (Å²) in [5, 5.41) is -0.199. The quantitative estimate of drug-likeness (QED) is 0.109. The molecule has 30 heavy (non-hydrogen) atoms. The minimum absolute atomic E-state index is 0.0910. The molecule has 1 atom stereocenters. The van der Waals surface area contributed by atoms with E-state index in [1.165, 1.54) is 43.9 Å². The zero-order chi connectivity index (χ0) is 22.7. The number of carbonyl (C=O) groups excluding carboxylic acids is 2. The van der Waals surface area contributed by atoms with Crippen LogP contribution in [0.1, 0.15) is 105 Å².